The molecule has 256 valence electrons. The molecule has 3 aliphatic rings. The number of amides is 4. The first-order chi connectivity index (χ1) is 24.8. The summed E-state index contributed by atoms with van der Waals surface area (Å²) in [7, 11) is 0. The van der Waals surface area contributed by atoms with Gasteiger partial charge in [0.25, 0.3) is 11.8 Å². The zero-order valence-corrected chi connectivity index (χ0v) is 28.6. The van der Waals surface area contributed by atoms with Crippen LogP contribution in [0.1, 0.15) is 85.4 Å². The van der Waals surface area contributed by atoms with Crippen LogP contribution < -0.4 is 10.6 Å². The lowest BCUT2D eigenvalue weighted by Crippen LogP contribution is -2.54. The fourth-order valence-corrected chi connectivity index (χ4v) is 7.96. The molecule has 5 aromatic rings. The number of carbonyl (C=O) groups is 4. The van der Waals surface area contributed by atoms with Gasteiger partial charge in [0.2, 0.25) is 11.8 Å². The lowest BCUT2D eigenvalue weighted by atomic mass is 10.0. The zero-order chi connectivity index (χ0) is 35.2. The van der Waals surface area contributed by atoms with Gasteiger partial charge in [-0.3, -0.25) is 38.6 Å². The number of hydrogen-bond donors (Lipinski definition) is 2. The maximum absolute atomic E-state index is 13.4. The summed E-state index contributed by atoms with van der Waals surface area (Å²) in [4.78, 5) is 52.6. The maximum atomic E-state index is 13.4. The number of hydrogen-bond acceptors (Lipinski definition) is 10. The Bertz CT molecular complexity index is 2300. The summed E-state index contributed by atoms with van der Waals surface area (Å²) in [6.45, 7) is 5.25. The second-order valence-electron chi connectivity index (χ2n) is 12.6. The Balaban J connectivity index is 0.997. The van der Waals surface area contributed by atoms with Crippen molar-refractivity contribution in [1.29, 1.82) is 0 Å². The number of imide groups is 2. The third-order valence-electron chi connectivity index (χ3n) is 9.29. The summed E-state index contributed by atoms with van der Waals surface area (Å²) in [5.41, 5.74) is 5.07. The van der Waals surface area contributed by atoms with Gasteiger partial charge in [0, 0.05) is 30.4 Å². The monoisotopic (exact) mass is 700 g/mol. The number of ether oxygens (including phenoxy) is 1. The molecule has 4 amide bonds. The van der Waals surface area contributed by atoms with E-state index in [1.807, 2.05) is 38.2 Å². The highest BCUT2D eigenvalue weighted by Gasteiger charge is 2.45. The lowest BCUT2D eigenvalue weighted by Gasteiger charge is -2.27. The Labute approximate surface area is 296 Å². The molecule has 2 aromatic carbocycles. The summed E-state index contributed by atoms with van der Waals surface area (Å²) < 4.78 is 10.1. The van der Waals surface area contributed by atoms with E-state index in [-0.39, 0.29) is 30.1 Å². The van der Waals surface area contributed by atoms with E-state index in [0.29, 0.717) is 31.8 Å². The number of anilines is 1. The molecule has 2 atom stereocenters. The maximum Gasteiger partial charge on any atom is 0.264 e. The molecule has 0 saturated carbocycles. The fraction of sp³-hybridized carbons (Fsp3) is 0.270. The molecular weight excluding hydrogens is 669 g/mol. The predicted octanol–water partition coefficient (Wildman–Crippen LogP) is 3.93. The van der Waals surface area contributed by atoms with Gasteiger partial charge < -0.3 is 10.1 Å². The molecule has 1 unspecified atom stereocenters. The molecule has 51 heavy (non-hydrogen) atoms. The molecule has 3 aromatic heterocycles. The van der Waals surface area contributed by atoms with Crippen molar-refractivity contribution in [2.75, 3.05) is 11.9 Å². The highest BCUT2D eigenvalue weighted by Crippen LogP contribution is 2.39. The van der Waals surface area contributed by atoms with E-state index in [1.165, 1.54) is 5.56 Å². The van der Waals surface area contributed by atoms with Crippen LogP contribution in [0.25, 0.3) is 5.00 Å². The minimum atomic E-state index is -1.02. The van der Waals surface area contributed by atoms with Crippen molar-refractivity contribution in [3.05, 3.63) is 111 Å². The van der Waals surface area contributed by atoms with Crippen molar-refractivity contribution in [1.82, 2.24) is 34.8 Å². The zero-order valence-electron chi connectivity index (χ0n) is 27.8. The average Bonchev–Trinajstić information content (AvgIpc) is 3.86. The highest BCUT2D eigenvalue weighted by molar-refractivity contribution is 7.15. The molecule has 1 fully saturated rings. The third-order valence-corrected chi connectivity index (χ3v) is 10.5. The Morgan fingerprint density at radius 3 is 2.71 bits per heavy atom. The molecule has 6 heterocycles. The molecule has 0 bridgehead atoms. The number of carbonyl (C=O) groups excluding carboxylic acids is 4. The van der Waals surface area contributed by atoms with Crippen LogP contribution in [0.15, 0.2) is 60.9 Å². The first-order valence-electron chi connectivity index (χ1n) is 16.6. The molecule has 13 nitrogen and oxygen atoms in total. The number of nitrogens with one attached hydrogen (secondary N) is 2. The third kappa shape index (κ3) is 5.90. The summed E-state index contributed by atoms with van der Waals surface area (Å²) in [6.07, 6.45) is 4.26. The molecule has 2 N–H and O–H groups in total. The van der Waals surface area contributed by atoms with Gasteiger partial charge in [-0.05, 0) is 49.9 Å². The smallest absolute Gasteiger partial charge is 0.264 e. The number of aryl methyl sites for hydroxylation is 1. The van der Waals surface area contributed by atoms with Gasteiger partial charge in [-0.2, -0.15) is 5.10 Å². The van der Waals surface area contributed by atoms with Crippen molar-refractivity contribution in [3.8, 4) is 16.8 Å². The van der Waals surface area contributed by atoms with Crippen LogP contribution in [0.4, 0.5) is 5.69 Å². The quantitative estimate of drug-likeness (QED) is 0.190. The Morgan fingerprint density at radius 2 is 1.88 bits per heavy atom. The number of thiophene rings is 1. The van der Waals surface area contributed by atoms with Gasteiger partial charge in [0.15, 0.2) is 5.82 Å². The number of fused-ring (bicyclic) bond motifs is 4. The fourth-order valence-electron chi connectivity index (χ4n) is 6.73. The van der Waals surface area contributed by atoms with Gasteiger partial charge in [-0.1, -0.05) is 48.2 Å². The molecule has 0 spiro atoms. The van der Waals surface area contributed by atoms with Crippen molar-refractivity contribution in [2.45, 2.75) is 58.4 Å². The van der Waals surface area contributed by atoms with Crippen LogP contribution in [0.5, 0.6) is 0 Å². The van der Waals surface area contributed by atoms with E-state index in [4.69, 9.17) is 4.74 Å². The average molecular weight is 701 g/mol. The number of aromatic nitrogens is 5. The molecule has 3 aliphatic heterocycles. The van der Waals surface area contributed by atoms with Crippen LogP contribution in [0, 0.1) is 18.8 Å². The van der Waals surface area contributed by atoms with Gasteiger partial charge in [0.05, 0.1) is 40.9 Å². The van der Waals surface area contributed by atoms with Gasteiger partial charge in [0.1, 0.15) is 23.0 Å². The summed E-state index contributed by atoms with van der Waals surface area (Å²) in [6, 6.07) is 14.3. The first kappa shape index (κ1) is 32.3. The second kappa shape index (κ2) is 13.1. The van der Waals surface area contributed by atoms with Crippen LogP contribution in [0.3, 0.4) is 0 Å². The summed E-state index contributed by atoms with van der Waals surface area (Å²) in [5, 5.41) is 19.7. The Kier molecular flexibility index (Phi) is 8.29. The molecule has 1 saturated heterocycles. The minimum absolute atomic E-state index is 0.0630. The summed E-state index contributed by atoms with van der Waals surface area (Å²) in [5.74, 6) is 6.14. The topological polar surface area (TPSA) is 153 Å². The van der Waals surface area contributed by atoms with Crippen molar-refractivity contribution in [3.63, 3.8) is 0 Å². The van der Waals surface area contributed by atoms with E-state index in [0.717, 1.165) is 43.1 Å². The Hall–Kier alpha value is -5.91. The largest absolute Gasteiger partial charge is 0.383 e. The molecule has 14 heteroatoms. The lowest BCUT2D eigenvalue weighted by molar-refractivity contribution is -0.136. The van der Waals surface area contributed by atoms with Gasteiger partial charge >= 0.3 is 0 Å². The van der Waals surface area contributed by atoms with E-state index in [2.05, 4.69) is 54.5 Å². The van der Waals surface area contributed by atoms with Gasteiger partial charge in [-0.25, -0.2) is 0 Å². The van der Waals surface area contributed by atoms with Crippen LogP contribution in [0.2, 0.25) is 0 Å². The molecular formula is C37H32N8O5S. The van der Waals surface area contributed by atoms with Crippen molar-refractivity contribution >= 4 is 40.7 Å². The van der Waals surface area contributed by atoms with Gasteiger partial charge in [-0.15, -0.1) is 21.5 Å². The SMILES string of the molecule is Cc1nnc2n1-c1sc(C#Cc3cnn(CCNc4cccc5c4C(=O)N(C4CCC(=O)NC4=O)C5=O)c3)c(Cc3ccccc3)c1CO[C@H]2C. The van der Waals surface area contributed by atoms with Crippen LogP contribution in [-0.2, 0) is 33.9 Å². The van der Waals surface area contributed by atoms with Crippen LogP contribution in [-0.4, -0.2) is 65.7 Å². The number of rotatable bonds is 7. The highest BCUT2D eigenvalue weighted by atomic mass is 32.1. The van der Waals surface area contributed by atoms with E-state index in [1.54, 1.807) is 40.4 Å². The number of nitrogens with zero attached hydrogens (tertiary/aromatic N) is 6. The summed E-state index contributed by atoms with van der Waals surface area (Å²) >= 11 is 1.62. The number of piperidine rings is 1. The first-order valence-corrected chi connectivity index (χ1v) is 17.4. The second-order valence-corrected chi connectivity index (χ2v) is 13.6. The normalized spacial score (nSPS) is 18.0. The van der Waals surface area contributed by atoms with Crippen molar-refractivity contribution in [2.24, 2.45) is 0 Å². The van der Waals surface area contributed by atoms with E-state index < -0.39 is 29.7 Å². The molecule has 0 radical (unpaired) electrons. The molecule has 0 aliphatic carbocycles. The predicted molar refractivity (Wildman–Crippen MR) is 186 cm³/mol. The van der Waals surface area contributed by atoms with E-state index in [9.17, 15) is 19.2 Å². The van der Waals surface area contributed by atoms with Crippen molar-refractivity contribution < 1.29 is 23.9 Å². The minimum Gasteiger partial charge on any atom is -0.383 e. The van der Waals surface area contributed by atoms with E-state index >= 15 is 0 Å². The molecule has 8 rings (SSSR count). The number of benzene rings is 2. The standard InChI is InChI=1S/C37H32N8O5S/c1-21-33-42-41-22(2)44(33)37-27(20-50-21)26(17-23-7-4-3-5-8-23)30(51-37)13-11-24-18-39-43(19-24)16-15-38-28-10-6-9-25-32(28)36(49)45(35(25)48)29-12-14-31(46)40-34(29)47/h3-10,18-19,21,29,38H,12,14-17,20H2,1-2H3,(H,40,46,47)/t21-,29?/m0/s1. The Morgan fingerprint density at radius 1 is 1.04 bits per heavy atom. The van der Waals surface area contributed by atoms with Crippen LogP contribution >= 0.6 is 11.3 Å².